The SMILES string of the molecule is CCCCCCCC/C=C\CCCCCCCC[N+](C)(C)OCC.[Cl-]. The number of hydrogen-bond acceptors (Lipinski definition) is 1. The van der Waals surface area contributed by atoms with Gasteiger partial charge in [-0.1, -0.05) is 70.4 Å². The van der Waals surface area contributed by atoms with E-state index in [4.69, 9.17) is 4.84 Å². The topological polar surface area (TPSA) is 9.23 Å². The Hall–Kier alpha value is -0.0500. The van der Waals surface area contributed by atoms with E-state index >= 15 is 0 Å². The molecule has 0 aromatic carbocycles. The van der Waals surface area contributed by atoms with E-state index in [0.29, 0.717) is 4.65 Å². The normalized spacial score (nSPS) is 11.8. The summed E-state index contributed by atoms with van der Waals surface area (Å²) in [6.45, 7) is 6.29. The van der Waals surface area contributed by atoms with Crippen LogP contribution < -0.4 is 12.4 Å². The predicted molar refractivity (Wildman–Crippen MR) is 108 cm³/mol. The lowest BCUT2D eigenvalue weighted by Gasteiger charge is -2.26. The minimum atomic E-state index is 0. The largest absolute Gasteiger partial charge is 1.00 e. The molecule has 0 saturated heterocycles. The zero-order valence-electron chi connectivity index (χ0n) is 17.7. The van der Waals surface area contributed by atoms with Gasteiger partial charge in [0.05, 0.1) is 14.1 Å². The number of hydroxylamine groups is 3. The molecule has 0 fully saturated rings. The van der Waals surface area contributed by atoms with E-state index in [-0.39, 0.29) is 12.4 Å². The van der Waals surface area contributed by atoms with Gasteiger partial charge in [-0.25, -0.2) is 4.84 Å². The van der Waals surface area contributed by atoms with Gasteiger partial charge in [-0.15, -0.1) is 0 Å². The number of nitrogens with zero attached hydrogens (tertiary/aromatic N) is 1. The van der Waals surface area contributed by atoms with E-state index in [1.54, 1.807) is 0 Å². The van der Waals surface area contributed by atoms with Gasteiger partial charge in [0, 0.05) is 0 Å². The van der Waals surface area contributed by atoms with Crippen LogP contribution in [0.2, 0.25) is 0 Å². The lowest BCUT2D eigenvalue weighted by molar-refractivity contribution is -1.08. The Morgan fingerprint density at radius 3 is 1.56 bits per heavy atom. The second-order valence-corrected chi connectivity index (χ2v) is 7.65. The van der Waals surface area contributed by atoms with Gasteiger partial charge in [0.1, 0.15) is 13.2 Å². The van der Waals surface area contributed by atoms with Gasteiger partial charge in [-0.05, 0) is 45.4 Å². The van der Waals surface area contributed by atoms with Crippen molar-refractivity contribution in [2.24, 2.45) is 0 Å². The fraction of sp³-hybridized carbons (Fsp3) is 0.909. The van der Waals surface area contributed by atoms with Gasteiger partial charge in [0.15, 0.2) is 0 Å². The van der Waals surface area contributed by atoms with E-state index < -0.39 is 0 Å². The van der Waals surface area contributed by atoms with Crippen LogP contribution in [0.5, 0.6) is 0 Å². The van der Waals surface area contributed by atoms with Gasteiger partial charge in [-0.2, -0.15) is 4.65 Å². The fourth-order valence-corrected chi connectivity index (χ4v) is 3.15. The lowest BCUT2D eigenvalue weighted by atomic mass is 10.1. The van der Waals surface area contributed by atoms with E-state index in [9.17, 15) is 0 Å². The number of allylic oxidation sites excluding steroid dienone is 2. The van der Waals surface area contributed by atoms with Crippen molar-refractivity contribution in [3.63, 3.8) is 0 Å². The van der Waals surface area contributed by atoms with Crippen LogP contribution in [-0.4, -0.2) is 31.9 Å². The Bertz CT molecular complexity index is 279. The maximum Gasteiger partial charge on any atom is 0.108 e. The van der Waals surface area contributed by atoms with Crippen molar-refractivity contribution < 1.29 is 21.9 Å². The van der Waals surface area contributed by atoms with Crippen LogP contribution in [-0.2, 0) is 4.84 Å². The van der Waals surface area contributed by atoms with Crippen LogP contribution in [0.3, 0.4) is 0 Å². The van der Waals surface area contributed by atoms with Crippen LogP contribution in [0.15, 0.2) is 12.2 Å². The molecule has 0 amide bonds. The minimum Gasteiger partial charge on any atom is -1.00 e. The van der Waals surface area contributed by atoms with Crippen LogP contribution in [0.4, 0.5) is 0 Å². The molecular formula is C22H46ClNO. The second-order valence-electron chi connectivity index (χ2n) is 7.65. The maximum absolute atomic E-state index is 5.68. The molecule has 0 aromatic rings. The molecule has 0 N–H and O–H groups in total. The summed E-state index contributed by atoms with van der Waals surface area (Å²) >= 11 is 0. The van der Waals surface area contributed by atoms with Crippen LogP contribution >= 0.6 is 0 Å². The third kappa shape index (κ3) is 21.9. The Morgan fingerprint density at radius 1 is 0.640 bits per heavy atom. The highest BCUT2D eigenvalue weighted by atomic mass is 35.5. The van der Waals surface area contributed by atoms with Crippen molar-refractivity contribution in [3.05, 3.63) is 12.2 Å². The summed E-state index contributed by atoms with van der Waals surface area (Å²) in [5.74, 6) is 0. The number of halogens is 1. The smallest absolute Gasteiger partial charge is 0.108 e. The molecule has 25 heavy (non-hydrogen) atoms. The summed E-state index contributed by atoms with van der Waals surface area (Å²) in [5.41, 5.74) is 0. The molecule has 0 aromatic heterocycles. The third-order valence-corrected chi connectivity index (χ3v) is 4.69. The summed E-state index contributed by atoms with van der Waals surface area (Å²) < 4.78 is 0.708. The van der Waals surface area contributed by atoms with Gasteiger partial charge >= 0.3 is 0 Å². The molecule has 0 spiro atoms. The zero-order chi connectivity index (χ0) is 17.9. The Labute approximate surface area is 165 Å². The quantitative estimate of drug-likeness (QED) is 0.152. The number of hydrogen-bond donors (Lipinski definition) is 0. The molecule has 0 radical (unpaired) electrons. The molecule has 0 saturated carbocycles. The van der Waals surface area contributed by atoms with Crippen LogP contribution in [0.25, 0.3) is 0 Å². The molecule has 0 rings (SSSR count). The first kappa shape index (κ1) is 27.2. The van der Waals surface area contributed by atoms with Crippen molar-refractivity contribution in [3.8, 4) is 0 Å². The first-order chi connectivity index (χ1) is 11.6. The summed E-state index contributed by atoms with van der Waals surface area (Å²) in [6.07, 6.45) is 24.0. The Morgan fingerprint density at radius 2 is 1.08 bits per heavy atom. The highest BCUT2D eigenvalue weighted by Crippen LogP contribution is 2.11. The molecule has 0 aliphatic heterocycles. The molecule has 152 valence electrons. The Kier molecular flexibility index (Phi) is 22.0. The second kappa shape index (κ2) is 20.3. The molecule has 2 nitrogen and oxygen atoms in total. The fourth-order valence-electron chi connectivity index (χ4n) is 3.15. The van der Waals surface area contributed by atoms with Crippen molar-refractivity contribution in [1.29, 1.82) is 0 Å². The minimum absolute atomic E-state index is 0. The standard InChI is InChI=1S/C22H46NO.ClH/c1-5-7-8-9-10-11-12-13-14-15-16-17-18-19-20-21-22-23(3,4)24-6-2;/h13-14H,5-12,15-22H2,1-4H3;1H/q+1;/p-1/b14-13-;. The first-order valence-electron chi connectivity index (χ1n) is 10.7. The van der Waals surface area contributed by atoms with E-state index in [1.807, 2.05) is 0 Å². The molecular weight excluding hydrogens is 330 g/mol. The average molecular weight is 376 g/mol. The van der Waals surface area contributed by atoms with Gasteiger partial charge in [0.2, 0.25) is 0 Å². The highest BCUT2D eigenvalue weighted by molar-refractivity contribution is 4.81. The molecule has 3 heteroatoms. The van der Waals surface area contributed by atoms with E-state index in [1.165, 1.54) is 89.9 Å². The zero-order valence-corrected chi connectivity index (χ0v) is 18.5. The molecule has 0 heterocycles. The first-order valence-corrected chi connectivity index (χ1v) is 10.7. The maximum atomic E-state index is 5.68. The highest BCUT2D eigenvalue weighted by Gasteiger charge is 2.14. The lowest BCUT2D eigenvalue weighted by Crippen LogP contribution is -3.00. The number of quaternary nitrogens is 1. The van der Waals surface area contributed by atoms with Crippen LogP contribution in [0, 0.1) is 0 Å². The molecule has 0 aliphatic rings. The molecule has 0 aliphatic carbocycles. The van der Waals surface area contributed by atoms with Crippen molar-refractivity contribution in [2.75, 3.05) is 27.2 Å². The average Bonchev–Trinajstić information content (AvgIpc) is 2.54. The summed E-state index contributed by atoms with van der Waals surface area (Å²) in [4.78, 5) is 5.68. The molecule has 0 atom stereocenters. The number of rotatable bonds is 18. The van der Waals surface area contributed by atoms with Gasteiger partial charge in [0.25, 0.3) is 0 Å². The van der Waals surface area contributed by atoms with Crippen molar-refractivity contribution in [2.45, 2.75) is 104 Å². The van der Waals surface area contributed by atoms with Gasteiger partial charge < -0.3 is 12.4 Å². The van der Waals surface area contributed by atoms with E-state index in [2.05, 4.69) is 40.1 Å². The predicted octanol–water partition coefficient (Wildman–Crippen LogP) is 4.06. The summed E-state index contributed by atoms with van der Waals surface area (Å²) in [6, 6.07) is 0. The van der Waals surface area contributed by atoms with Crippen molar-refractivity contribution >= 4 is 0 Å². The van der Waals surface area contributed by atoms with E-state index in [0.717, 1.165) is 13.2 Å². The molecule has 0 bridgehead atoms. The Balaban J connectivity index is 0. The monoisotopic (exact) mass is 375 g/mol. The third-order valence-electron chi connectivity index (χ3n) is 4.69. The van der Waals surface area contributed by atoms with Crippen molar-refractivity contribution in [1.82, 2.24) is 0 Å². The summed E-state index contributed by atoms with van der Waals surface area (Å²) in [5, 5.41) is 0. The number of unbranched alkanes of at least 4 members (excludes halogenated alkanes) is 12. The van der Waals surface area contributed by atoms with Gasteiger partial charge in [-0.3, -0.25) is 0 Å². The van der Waals surface area contributed by atoms with Crippen LogP contribution in [0.1, 0.15) is 104 Å². The summed E-state index contributed by atoms with van der Waals surface area (Å²) in [7, 11) is 4.31. The molecule has 0 unspecified atom stereocenters.